The van der Waals surface area contributed by atoms with Gasteiger partial charge in [-0.1, -0.05) is 29.5 Å². The molecule has 0 spiro atoms. The van der Waals surface area contributed by atoms with E-state index >= 15 is 0 Å². The molecule has 0 atom stereocenters. The zero-order valence-electron chi connectivity index (χ0n) is 16.3. The maximum Gasteiger partial charge on any atom is 0.292 e. The molecule has 1 aliphatic heterocycles. The Hall–Kier alpha value is -3.60. The summed E-state index contributed by atoms with van der Waals surface area (Å²) in [5, 5.41) is 20.0. The molecule has 11 heteroatoms. The van der Waals surface area contributed by atoms with Gasteiger partial charge in [0.25, 0.3) is 5.91 Å². The predicted octanol–water partition coefficient (Wildman–Crippen LogP) is 0.909. The number of nitrogen functional groups attached to an aromatic ring is 1. The van der Waals surface area contributed by atoms with Gasteiger partial charge < -0.3 is 5.73 Å². The highest BCUT2D eigenvalue weighted by Gasteiger charge is 2.27. The third-order valence-corrected chi connectivity index (χ3v) is 5.48. The molecule has 1 fully saturated rings. The molecule has 0 radical (unpaired) electrons. The van der Waals surface area contributed by atoms with Gasteiger partial charge in [-0.15, -0.1) is 5.10 Å². The van der Waals surface area contributed by atoms with Crippen molar-refractivity contribution in [2.75, 3.05) is 18.8 Å². The van der Waals surface area contributed by atoms with Crippen LogP contribution in [0.2, 0.25) is 0 Å². The van der Waals surface area contributed by atoms with Crippen molar-refractivity contribution >= 4 is 17.4 Å². The second-order valence-corrected chi connectivity index (χ2v) is 7.41. The number of likely N-dealkylation sites (tertiary alicyclic amines) is 1. The number of aryl methyl sites for hydroxylation is 1. The number of hydrogen-bond donors (Lipinski definition) is 2. The van der Waals surface area contributed by atoms with Crippen molar-refractivity contribution in [1.82, 2.24) is 35.6 Å². The molecule has 2 aromatic heterocycles. The summed E-state index contributed by atoms with van der Waals surface area (Å²) in [6, 6.07) is 8.06. The van der Waals surface area contributed by atoms with Crippen molar-refractivity contribution in [3.8, 4) is 5.82 Å². The summed E-state index contributed by atoms with van der Waals surface area (Å²) in [4.78, 5) is 15.4. The van der Waals surface area contributed by atoms with Crippen LogP contribution >= 0.6 is 0 Å². The van der Waals surface area contributed by atoms with E-state index in [1.54, 1.807) is 0 Å². The molecule has 3 aromatic rings. The lowest BCUT2D eigenvalue weighted by atomic mass is 10.1. The molecule has 2 aliphatic rings. The topological polar surface area (TPSA) is 140 Å². The number of hydrogen-bond acceptors (Lipinski definition) is 9. The van der Waals surface area contributed by atoms with Crippen LogP contribution in [0.3, 0.4) is 0 Å². The number of anilines is 1. The monoisotopic (exact) mass is 407 g/mol. The van der Waals surface area contributed by atoms with Crippen LogP contribution in [0.1, 0.15) is 46.6 Å². The van der Waals surface area contributed by atoms with Crippen molar-refractivity contribution in [2.24, 2.45) is 5.10 Å². The van der Waals surface area contributed by atoms with E-state index in [4.69, 9.17) is 5.73 Å². The lowest BCUT2D eigenvalue weighted by molar-refractivity contribution is 0.0945. The zero-order valence-corrected chi connectivity index (χ0v) is 16.3. The van der Waals surface area contributed by atoms with Gasteiger partial charge in [-0.05, 0) is 54.6 Å². The Morgan fingerprint density at radius 3 is 2.83 bits per heavy atom. The number of nitrogens with two attached hydrogens (primary N) is 1. The minimum atomic E-state index is -0.437. The van der Waals surface area contributed by atoms with E-state index in [2.05, 4.69) is 46.7 Å². The van der Waals surface area contributed by atoms with Crippen molar-refractivity contribution < 1.29 is 9.42 Å². The number of hydrazone groups is 1. The number of amides is 1. The van der Waals surface area contributed by atoms with E-state index in [0.29, 0.717) is 12.2 Å². The minimum Gasteiger partial charge on any atom is -0.378 e. The normalized spacial score (nSPS) is 17.5. The van der Waals surface area contributed by atoms with E-state index < -0.39 is 5.91 Å². The summed E-state index contributed by atoms with van der Waals surface area (Å²) in [6.07, 6.45) is 3.94. The van der Waals surface area contributed by atoms with Gasteiger partial charge in [0, 0.05) is 12.1 Å². The summed E-state index contributed by atoms with van der Waals surface area (Å²) < 4.78 is 5.93. The minimum absolute atomic E-state index is 0.0257. The van der Waals surface area contributed by atoms with Crippen LogP contribution in [-0.2, 0) is 13.0 Å². The van der Waals surface area contributed by atoms with Gasteiger partial charge in [0.15, 0.2) is 5.69 Å². The van der Waals surface area contributed by atoms with E-state index in [-0.39, 0.29) is 17.3 Å². The van der Waals surface area contributed by atoms with Crippen molar-refractivity contribution in [3.05, 3.63) is 46.8 Å². The van der Waals surface area contributed by atoms with Gasteiger partial charge in [0.05, 0.1) is 5.71 Å². The van der Waals surface area contributed by atoms with Crippen LogP contribution in [0.5, 0.6) is 0 Å². The molecular formula is C19H21N9O2. The molecule has 5 rings (SSSR count). The highest BCUT2D eigenvalue weighted by Crippen LogP contribution is 2.22. The number of aromatic nitrogens is 5. The van der Waals surface area contributed by atoms with Crippen LogP contribution in [-0.4, -0.2) is 54.9 Å². The molecule has 3 N–H and O–H groups in total. The molecular weight excluding hydrogens is 386 g/mol. The van der Waals surface area contributed by atoms with E-state index in [9.17, 15) is 4.79 Å². The van der Waals surface area contributed by atoms with Crippen LogP contribution in [0.15, 0.2) is 34.0 Å². The maximum atomic E-state index is 13.1. The molecule has 154 valence electrons. The largest absolute Gasteiger partial charge is 0.378 e. The fraction of sp³-hybridized carbons (Fsp3) is 0.368. The molecule has 0 unspecified atom stereocenters. The lowest BCUT2D eigenvalue weighted by Crippen LogP contribution is -2.26. The van der Waals surface area contributed by atoms with Crippen LogP contribution in [0.4, 0.5) is 5.82 Å². The average Bonchev–Trinajstić information content (AvgIpc) is 3.54. The number of benzene rings is 1. The standard InChI is InChI=1S/C19H21N9O2/c20-17-18(25-30-24-17)28-16(15(22-26-28)11-27-9-3-4-10-27)19(29)23-21-14-8-7-12-5-1-2-6-13(12)14/h1-2,5-6H,3-4,7-11H2,(H2,20,24)(H,23,29)/b21-14-. The van der Waals surface area contributed by atoms with E-state index in [1.165, 1.54) is 10.2 Å². The molecule has 1 aromatic carbocycles. The van der Waals surface area contributed by atoms with Gasteiger partial charge >= 0.3 is 0 Å². The Bertz CT molecular complexity index is 1110. The number of fused-ring (bicyclic) bond motifs is 1. The van der Waals surface area contributed by atoms with Crippen LogP contribution < -0.4 is 11.2 Å². The highest BCUT2D eigenvalue weighted by atomic mass is 16.6. The third kappa shape index (κ3) is 3.32. The Morgan fingerprint density at radius 2 is 2.03 bits per heavy atom. The molecule has 11 nitrogen and oxygen atoms in total. The van der Waals surface area contributed by atoms with Gasteiger partial charge in [-0.25, -0.2) is 10.1 Å². The number of carbonyl (C=O) groups excluding carboxylic acids is 1. The molecule has 1 amide bonds. The first kappa shape index (κ1) is 18.4. The SMILES string of the molecule is Nc1nonc1-n1nnc(CN2CCCC2)c1C(=O)N/N=C1/CCc2ccccc21. The zero-order chi connectivity index (χ0) is 20.5. The van der Waals surface area contributed by atoms with Crippen molar-refractivity contribution in [3.63, 3.8) is 0 Å². The first-order valence-corrected chi connectivity index (χ1v) is 9.91. The fourth-order valence-electron chi connectivity index (χ4n) is 3.98. The van der Waals surface area contributed by atoms with Crippen LogP contribution in [0.25, 0.3) is 5.82 Å². The first-order chi connectivity index (χ1) is 14.7. The van der Waals surface area contributed by atoms with E-state index in [1.807, 2.05) is 18.2 Å². The van der Waals surface area contributed by atoms with Crippen molar-refractivity contribution in [1.29, 1.82) is 0 Å². The highest BCUT2D eigenvalue weighted by molar-refractivity contribution is 6.05. The fourth-order valence-corrected chi connectivity index (χ4v) is 3.98. The summed E-state index contributed by atoms with van der Waals surface area (Å²) >= 11 is 0. The summed E-state index contributed by atoms with van der Waals surface area (Å²) in [5.41, 5.74) is 12.4. The Labute approximate surface area is 171 Å². The molecule has 0 saturated carbocycles. The van der Waals surface area contributed by atoms with Gasteiger partial charge in [0.1, 0.15) is 5.69 Å². The second kappa shape index (κ2) is 7.67. The number of nitrogens with one attached hydrogen (secondary N) is 1. The maximum absolute atomic E-state index is 13.1. The number of rotatable bonds is 5. The Kier molecular flexibility index (Phi) is 4.71. The third-order valence-electron chi connectivity index (χ3n) is 5.48. The number of carbonyl (C=O) groups is 1. The quantitative estimate of drug-likeness (QED) is 0.595. The smallest absolute Gasteiger partial charge is 0.292 e. The second-order valence-electron chi connectivity index (χ2n) is 7.41. The molecule has 30 heavy (non-hydrogen) atoms. The summed E-state index contributed by atoms with van der Waals surface area (Å²) in [6.45, 7) is 2.43. The summed E-state index contributed by atoms with van der Waals surface area (Å²) in [7, 11) is 0. The first-order valence-electron chi connectivity index (χ1n) is 9.91. The van der Waals surface area contributed by atoms with Gasteiger partial charge in [-0.2, -0.15) is 9.78 Å². The van der Waals surface area contributed by atoms with Gasteiger partial charge in [0.2, 0.25) is 11.6 Å². The van der Waals surface area contributed by atoms with Crippen LogP contribution in [0, 0.1) is 0 Å². The molecule has 1 saturated heterocycles. The molecule has 0 bridgehead atoms. The number of nitrogens with zero attached hydrogens (tertiary/aromatic N) is 7. The average molecular weight is 407 g/mol. The molecule has 3 heterocycles. The Balaban J connectivity index is 1.45. The Morgan fingerprint density at radius 1 is 1.20 bits per heavy atom. The van der Waals surface area contributed by atoms with E-state index in [0.717, 1.165) is 50.0 Å². The lowest BCUT2D eigenvalue weighted by Gasteiger charge is -2.13. The molecule has 1 aliphatic carbocycles. The predicted molar refractivity (Wildman–Crippen MR) is 107 cm³/mol. The van der Waals surface area contributed by atoms with Crippen molar-refractivity contribution in [2.45, 2.75) is 32.2 Å². The van der Waals surface area contributed by atoms with Gasteiger partial charge in [-0.3, -0.25) is 9.69 Å². The summed E-state index contributed by atoms with van der Waals surface area (Å²) in [5.74, 6) is -0.287.